The van der Waals surface area contributed by atoms with Gasteiger partial charge in [0.15, 0.2) is 11.5 Å². The van der Waals surface area contributed by atoms with Crippen molar-refractivity contribution in [2.24, 2.45) is 0 Å². The fourth-order valence-corrected chi connectivity index (χ4v) is 2.93. The molecule has 1 unspecified atom stereocenters. The molecule has 1 atom stereocenters. The largest absolute Gasteiger partial charge is 0.486 e. The van der Waals surface area contributed by atoms with Crippen LogP contribution in [-0.4, -0.2) is 19.1 Å². The van der Waals surface area contributed by atoms with Gasteiger partial charge in [-0.2, -0.15) is 0 Å². The number of ether oxygens (including phenoxy) is 2. The van der Waals surface area contributed by atoms with E-state index in [4.69, 9.17) is 9.47 Å². The maximum absolute atomic E-state index is 12.6. The van der Waals surface area contributed by atoms with Crippen molar-refractivity contribution in [1.29, 1.82) is 0 Å². The highest BCUT2D eigenvalue weighted by atomic mass is 16.6. The quantitative estimate of drug-likeness (QED) is 0.882. The zero-order chi connectivity index (χ0) is 16.8. The van der Waals surface area contributed by atoms with E-state index in [-0.39, 0.29) is 11.8 Å². The summed E-state index contributed by atoms with van der Waals surface area (Å²) in [6.07, 6.45) is 1.81. The van der Waals surface area contributed by atoms with Crippen LogP contribution in [0.5, 0.6) is 11.5 Å². The zero-order valence-electron chi connectivity index (χ0n) is 14.0. The smallest absolute Gasteiger partial charge is 0.227 e. The molecule has 0 aromatic heterocycles. The van der Waals surface area contributed by atoms with Crippen LogP contribution in [0.3, 0.4) is 0 Å². The molecule has 0 saturated heterocycles. The minimum Gasteiger partial charge on any atom is -0.486 e. The number of fused-ring (bicyclic) bond motifs is 1. The van der Waals surface area contributed by atoms with Gasteiger partial charge in [0.1, 0.15) is 13.2 Å². The van der Waals surface area contributed by atoms with Crippen LogP contribution in [0.4, 0.5) is 0 Å². The van der Waals surface area contributed by atoms with Gasteiger partial charge in [-0.05, 0) is 29.7 Å². The molecule has 0 spiro atoms. The van der Waals surface area contributed by atoms with Gasteiger partial charge in [-0.1, -0.05) is 49.7 Å². The van der Waals surface area contributed by atoms with Gasteiger partial charge < -0.3 is 14.8 Å². The number of rotatable bonds is 6. The van der Waals surface area contributed by atoms with E-state index in [1.165, 1.54) is 0 Å². The molecule has 0 saturated carbocycles. The SMILES string of the molecule is CCCC(C(=O)NCc1ccc2c(c1)OCCO2)c1ccccc1. The van der Waals surface area contributed by atoms with E-state index in [0.29, 0.717) is 19.8 Å². The normalized spacial score (nSPS) is 14.0. The van der Waals surface area contributed by atoms with Crippen molar-refractivity contribution in [3.8, 4) is 11.5 Å². The van der Waals surface area contributed by atoms with E-state index >= 15 is 0 Å². The number of hydrogen-bond donors (Lipinski definition) is 1. The van der Waals surface area contributed by atoms with Crippen LogP contribution in [0.1, 0.15) is 36.8 Å². The summed E-state index contributed by atoms with van der Waals surface area (Å²) in [5.74, 6) is 1.48. The van der Waals surface area contributed by atoms with Crippen LogP contribution < -0.4 is 14.8 Å². The van der Waals surface area contributed by atoms with E-state index < -0.39 is 0 Å². The summed E-state index contributed by atoms with van der Waals surface area (Å²) in [6, 6.07) is 15.8. The maximum atomic E-state index is 12.6. The molecule has 1 amide bonds. The first kappa shape index (κ1) is 16.4. The summed E-state index contributed by atoms with van der Waals surface area (Å²) in [5.41, 5.74) is 2.08. The second-order valence-electron chi connectivity index (χ2n) is 5.95. The van der Waals surface area contributed by atoms with Crippen LogP contribution in [0.25, 0.3) is 0 Å². The number of nitrogens with one attached hydrogen (secondary N) is 1. The number of benzene rings is 2. The Balaban J connectivity index is 1.65. The summed E-state index contributed by atoms with van der Waals surface area (Å²) < 4.78 is 11.1. The Morgan fingerprint density at radius 2 is 1.83 bits per heavy atom. The predicted octanol–water partition coefficient (Wildman–Crippen LogP) is 3.66. The van der Waals surface area contributed by atoms with Crippen LogP contribution in [0.2, 0.25) is 0 Å². The van der Waals surface area contributed by atoms with Crippen molar-refractivity contribution < 1.29 is 14.3 Å². The van der Waals surface area contributed by atoms with Gasteiger partial charge in [0.05, 0.1) is 5.92 Å². The molecule has 0 radical (unpaired) electrons. The Morgan fingerprint density at radius 3 is 2.58 bits per heavy atom. The summed E-state index contributed by atoms with van der Waals surface area (Å²) in [4.78, 5) is 12.6. The van der Waals surface area contributed by atoms with E-state index in [0.717, 1.165) is 35.5 Å². The minimum absolute atomic E-state index is 0.0675. The van der Waals surface area contributed by atoms with Crippen molar-refractivity contribution in [3.63, 3.8) is 0 Å². The number of carbonyl (C=O) groups is 1. The standard InChI is InChI=1S/C20H23NO3/c1-2-6-17(16-7-4-3-5-8-16)20(22)21-14-15-9-10-18-19(13-15)24-12-11-23-18/h3-5,7-10,13,17H,2,6,11-12,14H2,1H3,(H,21,22). The molecule has 0 bridgehead atoms. The van der Waals surface area contributed by atoms with E-state index in [9.17, 15) is 4.79 Å². The fourth-order valence-electron chi connectivity index (χ4n) is 2.93. The van der Waals surface area contributed by atoms with E-state index in [1.807, 2.05) is 48.5 Å². The average Bonchev–Trinajstić information content (AvgIpc) is 2.64. The summed E-state index contributed by atoms with van der Waals surface area (Å²) in [7, 11) is 0. The van der Waals surface area contributed by atoms with Crippen molar-refractivity contribution in [1.82, 2.24) is 5.32 Å². The molecule has 1 N–H and O–H groups in total. The van der Waals surface area contributed by atoms with Gasteiger partial charge in [-0.15, -0.1) is 0 Å². The minimum atomic E-state index is -0.103. The van der Waals surface area contributed by atoms with Crippen molar-refractivity contribution in [2.45, 2.75) is 32.2 Å². The third-order valence-corrected chi connectivity index (χ3v) is 4.17. The molecule has 4 nitrogen and oxygen atoms in total. The first-order chi connectivity index (χ1) is 11.8. The third-order valence-electron chi connectivity index (χ3n) is 4.17. The Morgan fingerprint density at radius 1 is 1.08 bits per heavy atom. The predicted molar refractivity (Wildman–Crippen MR) is 93.4 cm³/mol. The number of carbonyl (C=O) groups excluding carboxylic acids is 1. The second kappa shape index (κ2) is 7.86. The van der Waals surface area contributed by atoms with E-state index in [1.54, 1.807) is 0 Å². The lowest BCUT2D eigenvalue weighted by Crippen LogP contribution is -2.29. The molecule has 1 heterocycles. The Bertz CT molecular complexity index is 685. The van der Waals surface area contributed by atoms with Gasteiger partial charge in [-0.3, -0.25) is 4.79 Å². The lowest BCUT2D eigenvalue weighted by molar-refractivity contribution is -0.122. The lowest BCUT2D eigenvalue weighted by Gasteiger charge is -2.20. The zero-order valence-corrected chi connectivity index (χ0v) is 14.0. The molecule has 3 rings (SSSR count). The topological polar surface area (TPSA) is 47.6 Å². The molecular formula is C20H23NO3. The molecule has 2 aromatic carbocycles. The Kier molecular flexibility index (Phi) is 5.36. The van der Waals surface area contributed by atoms with Crippen LogP contribution in [-0.2, 0) is 11.3 Å². The molecule has 24 heavy (non-hydrogen) atoms. The Labute approximate surface area is 142 Å². The third kappa shape index (κ3) is 3.88. The van der Waals surface area contributed by atoms with Crippen molar-refractivity contribution >= 4 is 5.91 Å². The highest BCUT2D eigenvalue weighted by Gasteiger charge is 2.19. The molecule has 2 aromatic rings. The van der Waals surface area contributed by atoms with Gasteiger partial charge >= 0.3 is 0 Å². The monoisotopic (exact) mass is 325 g/mol. The highest BCUT2D eigenvalue weighted by molar-refractivity contribution is 5.83. The van der Waals surface area contributed by atoms with Crippen molar-refractivity contribution in [2.75, 3.05) is 13.2 Å². The molecule has 1 aliphatic heterocycles. The van der Waals surface area contributed by atoms with E-state index in [2.05, 4.69) is 12.2 Å². The van der Waals surface area contributed by atoms with Gasteiger partial charge in [0.25, 0.3) is 0 Å². The second-order valence-corrected chi connectivity index (χ2v) is 5.95. The number of hydrogen-bond acceptors (Lipinski definition) is 3. The van der Waals surface area contributed by atoms with Crippen LogP contribution >= 0.6 is 0 Å². The van der Waals surface area contributed by atoms with Crippen LogP contribution in [0, 0.1) is 0 Å². The molecule has 0 fully saturated rings. The molecule has 1 aliphatic rings. The van der Waals surface area contributed by atoms with Gasteiger partial charge in [-0.25, -0.2) is 0 Å². The number of amides is 1. The Hall–Kier alpha value is -2.49. The summed E-state index contributed by atoms with van der Waals surface area (Å²) in [6.45, 7) is 3.74. The molecular weight excluding hydrogens is 302 g/mol. The maximum Gasteiger partial charge on any atom is 0.227 e. The van der Waals surface area contributed by atoms with Gasteiger partial charge in [0.2, 0.25) is 5.91 Å². The summed E-state index contributed by atoms with van der Waals surface area (Å²) in [5, 5.41) is 3.05. The molecule has 126 valence electrons. The van der Waals surface area contributed by atoms with Gasteiger partial charge in [0, 0.05) is 6.54 Å². The fraction of sp³-hybridized carbons (Fsp3) is 0.350. The van der Waals surface area contributed by atoms with Crippen LogP contribution in [0.15, 0.2) is 48.5 Å². The highest BCUT2D eigenvalue weighted by Crippen LogP contribution is 2.30. The first-order valence-electron chi connectivity index (χ1n) is 8.49. The molecule has 4 heteroatoms. The average molecular weight is 325 g/mol. The van der Waals surface area contributed by atoms with Crippen molar-refractivity contribution in [3.05, 3.63) is 59.7 Å². The molecule has 0 aliphatic carbocycles. The lowest BCUT2D eigenvalue weighted by atomic mass is 9.93. The first-order valence-corrected chi connectivity index (χ1v) is 8.49. The summed E-state index contributed by atoms with van der Waals surface area (Å²) >= 11 is 0.